The quantitative estimate of drug-likeness (QED) is 0.858. The van der Waals surface area contributed by atoms with Gasteiger partial charge in [-0.1, -0.05) is 26.2 Å². The van der Waals surface area contributed by atoms with Crippen LogP contribution in [0.5, 0.6) is 0 Å². The first-order chi connectivity index (χ1) is 8.79. The molecule has 1 aliphatic rings. The zero-order chi connectivity index (χ0) is 12.8. The van der Waals surface area contributed by atoms with Crippen molar-refractivity contribution >= 4 is 11.8 Å². The summed E-state index contributed by atoms with van der Waals surface area (Å²) < 4.78 is 2.19. The fraction of sp³-hybridized carbons (Fsp3) is 0.786. The van der Waals surface area contributed by atoms with Gasteiger partial charge in [0, 0.05) is 24.5 Å². The van der Waals surface area contributed by atoms with Gasteiger partial charge in [-0.05, 0) is 25.2 Å². The molecule has 4 heteroatoms. The summed E-state index contributed by atoms with van der Waals surface area (Å²) in [6.45, 7) is 4.19. The molecule has 0 amide bonds. The van der Waals surface area contributed by atoms with Crippen molar-refractivity contribution in [2.75, 3.05) is 12.8 Å². The molecule has 1 saturated carbocycles. The van der Waals surface area contributed by atoms with E-state index in [4.69, 9.17) is 5.10 Å². The van der Waals surface area contributed by atoms with Crippen LogP contribution in [0.3, 0.4) is 0 Å². The van der Waals surface area contributed by atoms with Gasteiger partial charge in [-0.3, -0.25) is 4.68 Å². The molecule has 1 N–H and O–H groups in total. The van der Waals surface area contributed by atoms with Crippen LogP contribution in [0, 0.1) is 0 Å². The Morgan fingerprint density at radius 1 is 1.44 bits per heavy atom. The van der Waals surface area contributed by atoms with Crippen LogP contribution in [0.2, 0.25) is 0 Å². The van der Waals surface area contributed by atoms with E-state index in [0.717, 1.165) is 13.1 Å². The molecule has 0 aromatic carbocycles. The second-order valence-corrected chi connectivity index (χ2v) is 6.53. The molecule has 0 bridgehead atoms. The van der Waals surface area contributed by atoms with E-state index in [1.165, 1.54) is 37.8 Å². The van der Waals surface area contributed by atoms with E-state index in [1.807, 2.05) is 11.8 Å². The Balaban J connectivity index is 1.78. The molecular weight excluding hydrogens is 242 g/mol. The minimum absolute atomic E-state index is 0.651. The molecule has 18 heavy (non-hydrogen) atoms. The summed E-state index contributed by atoms with van der Waals surface area (Å²) >= 11 is 1.90. The highest BCUT2D eigenvalue weighted by Crippen LogP contribution is 2.27. The number of thioether (sulfide) groups is 1. The van der Waals surface area contributed by atoms with Crippen molar-refractivity contribution in [3.63, 3.8) is 0 Å². The summed E-state index contributed by atoms with van der Waals surface area (Å²) in [6, 6.07) is 2.81. The zero-order valence-corrected chi connectivity index (χ0v) is 12.4. The monoisotopic (exact) mass is 267 g/mol. The SMILES string of the molecule is CSC(C)CNCc1ccn(C2CCCCC2)n1. The highest BCUT2D eigenvalue weighted by molar-refractivity contribution is 7.99. The van der Waals surface area contributed by atoms with Crippen LogP contribution in [-0.4, -0.2) is 27.8 Å². The van der Waals surface area contributed by atoms with Crippen molar-refractivity contribution in [2.45, 2.75) is 56.9 Å². The third-order valence-electron chi connectivity index (χ3n) is 3.75. The lowest BCUT2D eigenvalue weighted by Crippen LogP contribution is -2.22. The lowest BCUT2D eigenvalue weighted by Gasteiger charge is -2.21. The van der Waals surface area contributed by atoms with E-state index in [2.05, 4.69) is 35.4 Å². The molecule has 1 heterocycles. The number of hydrogen-bond acceptors (Lipinski definition) is 3. The Hall–Kier alpha value is -0.480. The second-order valence-electron chi connectivity index (χ2n) is 5.26. The molecule has 0 radical (unpaired) electrons. The maximum absolute atomic E-state index is 4.70. The first-order valence-electron chi connectivity index (χ1n) is 7.07. The lowest BCUT2D eigenvalue weighted by molar-refractivity contribution is 0.327. The Morgan fingerprint density at radius 2 is 2.22 bits per heavy atom. The fourth-order valence-corrected chi connectivity index (χ4v) is 2.79. The Bertz CT molecular complexity index is 345. The van der Waals surface area contributed by atoms with Crippen molar-refractivity contribution in [1.82, 2.24) is 15.1 Å². The van der Waals surface area contributed by atoms with Gasteiger partial charge in [0.05, 0.1) is 11.7 Å². The molecule has 1 fully saturated rings. The van der Waals surface area contributed by atoms with Crippen LogP contribution in [0.4, 0.5) is 0 Å². The van der Waals surface area contributed by atoms with E-state index in [0.29, 0.717) is 11.3 Å². The normalized spacial score (nSPS) is 19.0. The van der Waals surface area contributed by atoms with Crippen molar-refractivity contribution < 1.29 is 0 Å². The summed E-state index contributed by atoms with van der Waals surface area (Å²) in [5.74, 6) is 0. The van der Waals surface area contributed by atoms with Crippen LogP contribution in [0.25, 0.3) is 0 Å². The number of hydrogen-bond donors (Lipinski definition) is 1. The largest absolute Gasteiger partial charge is 0.310 e. The third kappa shape index (κ3) is 4.02. The lowest BCUT2D eigenvalue weighted by atomic mass is 9.96. The van der Waals surface area contributed by atoms with E-state index >= 15 is 0 Å². The van der Waals surface area contributed by atoms with Crippen molar-refractivity contribution in [3.05, 3.63) is 18.0 Å². The van der Waals surface area contributed by atoms with Crippen LogP contribution in [-0.2, 0) is 6.54 Å². The second kappa shape index (κ2) is 7.19. The maximum atomic E-state index is 4.70. The van der Waals surface area contributed by atoms with Gasteiger partial charge in [0.25, 0.3) is 0 Å². The first-order valence-corrected chi connectivity index (χ1v) is 8.36. The van der Waals surface area contributed by atoms with Gasteiger partial charge >= 0.3 is 0 Å². The number of aromatic nitrogens is 2. The fourth-order valence-electron chi connectivity index (χ4n) is 2.51. The van der Waals surface area contributed by atoms with E-state index in [1.54, 1.807) is 0 Å². The van der Waals surface area contributed by atoms with E-state index in [-0.39, 0.29) is 0 Å². The summed E-state index contributed by atoms with van der Waals surface area (Å²) in [7, 11) is 0. The standard InChI is InChI=1S/C14H25N3S/c1-12(18-2)10-15-11-13-8-9-17(16-13)14-6-4-3-5-7-14/h8-9,12,14-15H,3-7,10-11H2,1-2H3. The minimum Gasteiger partial charge on any atom is -0.310 e. The van der Waals surface area contributed by atoms with Gasteiger partial charge in [-0.15, -0.1) is 0 Å². The molecular formula is C14H25N3S. The molecule has 1 aliphatic carbocycles. The predicted molar refractivity (Wildman–Crippen MR) is 79.0 cm³/mol. The number of nitrogens with zero attached hydrogens (tertiary/aromatic N) is 2. The average molecular weight is 267 g/mol. The topological polar surface area (TPSA) is 29.9 Å². The molecule has 102 valence electrons. The molecule has 1 aromatic rings. The van der Waals surface area contributed by atoms with E-state index in [9.17, 15) is 0 Å². The smallest absolute Gasteiger partial charge is 0.0762 e. The Labute approximate surface area is 115 Å². The predicted octanol–water partition coefficient (Wildman–Crippen LogP) is 3.23. The van der Waals surface area contributed by atoms with Gasteiger partial charge in [-0.2, -0.15) is 16.9 Å². The van der Waals surface area contributed by atoms with Gasteiger partial charge in [0.1, 0.15) is 0 Å². The molecule has 2 rings (SSSR count). The zero-order valence-electron chi connectivity index (χ0n) is 11.6. The molecule has 1 aromatic heterocycles. The van der Waals surface area contributed by atoms with Gasteiger partial charge in [0.2, 0.25) is 0 Å². The number of rotatable bonds is 6. The van der Waals surface area contributed by atoms with Gasteiger partial charge in [0.15, 0.2) is 0 Å². The van der Waals surface area contributed by atoms with Crippen LogP contribution < -0.4 is 5.32 Å². The molecule has 1 unspecified atom stereocenters. The molecule has 0 spiro atoms. The summed E-state index contributed by atoms with van der Waals surface area (Å²) in [5.41, 5.74) is 1.17. The van der Waals surface area contributed by atoms with Crippen molar-refractivity contribution in [1.29, 1.82) is 0 Å². The van der Waals surface area contributed by atoms with Crippen molar-refractivity contribution in [2.24, 2.45) is 0 Å². The van der Waals surface area contributed by atoms with Crippen molar-refractivity contribution in [3.8, 4) is 0 Å². The summed E-state index contributed by atoms with van der Waals surface area (Å²) in [5, 5.41) is 8.85. The van der Waals surface area contributed by atoms with Gasteiger partial charge < -0.3 is 5.32 Å². The Morgan fingerprint density at radius 3 is 2.94 bits per heavy atom. The molecule has 0 saturated heterocycles. The highest BCUT2D eigenvalue weighted by atomic mass is 32.2. The molecule has 1 atom stereocenters. The van der Waals surface area contributed by atoms with Crippen LogP contribution >= 0.6 is 11.8 Å². The van der Waals surface area contributed by atoms with Crippen LogP contribution in [0.15, 0.2) is 12.3 Å². The molecule has 3 nitrogen and oxygen atoms in total. The minimum atomic E-state index is 0.651. The highest BCUT2D eigenvalue weighted by Gasteiger charge is 2.15. The maximum Gasteiger partial charge on any atom is 0.0762 e. The van der Waals surface area contributed by atoms with Crippen LogP contribution in [0.1, 0.15) is 50.8 Å². The van der Waals surface area contributed by atoms with Gasteiger partial charge in [-0.25, -0.2) is 0 Å². The molecule has 0 aliphatic heterocycles. The summed E-state index contributed by atoms with van der Waals surface area (Å²) in [6.07, 6.45) is 11.1. The third-order valence-corrected chi connectivity index (χ3v) is 4.72. The Kier molecular flexibility index (Phi) is 5.57. The number of nitrogens with one attached hydrogen (secondary N) is 1. The average Bonchev–Trinajstić information content (AvgIpc) is 2.88. The van der Waals surface area contributed by atoms with E-state index < -0.39 is 0 Å². The summed E-state index contributed by atoms with van der Waals surface area (Å²) in [4.78, 5) is 0. The first kappa shape index (κ1) is 13.9.